The number of methoxy groups -OCH3 is 1. The van der Waals surface area contributed by atoms with Gasteiger partial charge < -0.3 is 10.1 Å². The third-order valence-electron chi connectivity index (χ3n) is 3.93. The Morgan fingerprint density at radius 3 is 2.52 bits per heavy atom. The van der Waals surface area contributed by atoms with E-state index in [1.54, 1.807) is 48.5 Å². The van der Waals surface area contributed by atoms with Crippen molar-refractivity contribution in [2.45, 2.75) is 6.54 Å². The molecule has 0 spiro atoms. The van der Waals surface area contributed by atoms with Crippen LogP contribution in [0.3, 0.4) is 0 Å². The third kappa shape index (κ3) is 3.03. The van der Waals surface area contributed by atoms with E-state index in [-0.39, 0.29) is 12.1 Å². The number of ether oxygens (including phenoxy) is 1. The van der Waals surface area contributed by atoms with E-state index in [0.29, 0.717) is 22.3 Å². The van der Waals surface area contributed by atoms with Gasteiger partial charge in [-0.05, 0) is 24.3 Å². The lowest BCUT2D eigenvalue weighted by Crippen LogP contribution is -2.40. The van der Waals surface area contributed by atoms with Crippen LogP contribution in [0.25, 0.3) is 10.9 Å². The van der Waals surface area contributed by atoms with Gasteiger partial charge in [-0.15, -0.1) is 0 Å². The zero-order chi connectivity index (χ0) is 18.0. The highest BCUT2D eigenvalue weighted by molar-refractivity contribution is 5.93. The van der Waals surface area contributed by atoms with Crippen LogP contribution in [0.5, 0.6) is 5.75 Å². The molecule has 0 unspecified atom stereocenters. The van der Waals surface area contributed by atoms with Crippen molar-refractivity contribution in [3.8, 4) is 5.75 Å². The van der Waals surface area contributed by atoms with Gasteiger partial charge in [0.1, 0.15) is 12.3 Å². The van der Waals surface area contributed by atoms with Crippen molar-refractivity contribution < 1.29 is 9.53 Å². The molecule has 0 saturated carbocycles. The van der Waals surface area contributed by atoms with E-state index < -0.39 is 11.6 Å². The van der Waals surface area contributed by atoms with Gasteiger partial charge in [0.15, 0.2) is 0 Å². The first-order valence-corrected chi connectivity index (χ1v) is 7.64. The highest BCUT2D eigenvalue weighted by atomic mass is 16.5. The molecule has 3 rings (SSSR count). The maximum absolute atomic E-state index is 12.4. The number of carbonyl (C=O) groups is 1. The number of aromatic nitrogens is 2. The molecule has 0 radical (unpaired) electrons. The van der Waals surface area contributed by atoms with Crippen molar-refractivity contribution >= 4 is 22.5 Å². The van der Waals surface area contributed by atoms with Crippen molar-refractivity contribution in [2.24, 2.45) is 7.05 Å². The summed E-state index contributed by atoms with van der Waals surface area (Å²) in [7, 11) is 2.90. The largest absolute Gasteiger partial charge is 0.495 e. The second-order valence-electron chi connectivity index (χ2n) is 5.50. The van der Waals surface area contributed by atoms with Crippen LogP contribution in [-0.4, -0.2) is 22.2 Å². The minimum atomic E-state index is -0.543. The van der Waals surface area contributed by atoms with Crippen molar-refractivity contribution in [3.05, 3.63) is 69.4 Å². The lowest BCUT2D eigenvalue weighted by atomic mass is 10.2. The normalized spacial score (nSPS) is 10.6. The number of anilines is 1. The summed E-state index contributed by atoms with van der Waals surface area (Å²) in [5, 5.41) is 3.11. The molecule has 7 nitrogen and oxygen atoms in total. The summed E-state index contributed by atoms with van der Waals surface area (Å²) in [6, 6.07) is 13.7. The molecule has 0 aliphatic carbocycles. The Balaban J connectivity index is 2.00. The fourth-order valence-electron chi connectivity index (χ4n) is 2.68. The van der Waals surface area contributed by atoms with Crippen LogP contribution < -0.4 is 21.3 Å². The van der Waals surface area contributed by atoms with Crippen LogP contribution in [0.1, 0.15) is 0 Å². The van der Waals surface area contributed by atoms with Gasteiger partial charge in [0.05, 0.1) is 23.7 Å². The number of rotatable bonds is 4. The first-order valence-electron chi connectivity index (χ1n) is 7.64. The molecular formula is C18H17N3O4. The van der Waals surface area contributed by atoms with E-state index in [0.717, 1.165) is 4.57 Å². The van der Waals surface area contributed by atoms with Gasteiger partial charge in [-0.3, -0.25) is 18.7 Å². The summed E-state index contributed by atoms with van der Waals surface area (Å²) >= 11 is 0. The molecule has 3 aromatic rings. The molecule has 1 heterocycles. The van der Waals surface area contributed by atoms with E-state index in [9.17, 15) is 14.4 Å². The molecule has 0 aliphatic heterocycles. The summed E-state index contributed by atoms with van der Waals surface area (Å²) in [5.74, 6) is 0.129. The monoisotopic (exact) mass is 339 g/mol. The maximum Gasteiger partial charge on any atom is 0.331 e. The highest BCUT2D eigenvalue weighted by Crippen LogP contribution is 2.22. The Kier molecular flexibility index (Phi) is 4.38. The van der Waals surface area contributed by atoms with Crippen LogP contribution in [0.15, 0.2) is 58.1 Å². The smallest absolute Gasteiger partial charge is 0.331 e. The molecule has 25 heavy (non-hydrogen) atoms. The van der Waals surface area contributed by atoms with Gasteiger partial charge in [0, 0.05) is 7.05 Å². The van der Waals surface area contributed by atoms with Crippen molar-refractivity contribution in [1.29, 1.82) is 0 Å². The van der Waals surface area contributed by atoms with Gasteiger partial charge in [-0.1, -0.05) is 24.3 Å². The fourth-order valence-corrected chi connectivity index (χ4v) is 2.68. The average Bonchev–Trinajstić information content (AvgIpc) is 2.64. The number of benzene rings is 2. The number of nitrogens with one attached hydrogen (secondary N) is 1. The Labute approximate surface area is 143 Å². The third-order valence-corrected chi connectivity index (χ3v) is 3.93. The van der Waals surface area contributed by atoms with Crippen molar-refractivity contribution in [3.63, 3.8) is 0 Å². The Morgan fingerprint density at radius 1 is 1.08 bits per heavy atom. The number of hydrogen-bond acceptors (Lipinski definition) is 4. The molecule has 0 bridgehead atoms. The number of amides is 1. The molecule has 0 atom stereocenters. The molecule has 2 aromatic carbocycles. The van der Waals surface area contributed by atoms with Gasteiger partial charge >= 0.3 is 5.69 Å². The minimum Gasteiger partial charge on any atom is -0.495 e. The van der Waals surface area contributed by atoms with Crippen molar-refractivity contribution in [2.75, 3.05) is 12.4 Å². The zero-order valence-corrected chi connectivity index (χ0v) is 13.9. The lowest BCUT2D eigenvalue weighted by Gasteiger charge is -2.13. The molecule has 0 aliphatic rings. The summed E-state index contributed by atoms with van der Waals surface area (Å²) in [5.41, 5.74) is 0.00353. The maximum atomic E-state index is 12.4. The van der Waals surface area contributed by atoms with Crippen LogP contribution in [0, 0.1) is 0 Å². The summed E-state index contributed by atoms with van der Waals surface area (Å²) < 4.78 is 7.47. The fraction of sp³-hybridized carbons (Fsp3) is 0.167. The number of para-hydroxylation sites is 3. The first-order chi connectivity index (χ1) is 12.0. The number of carbonyl (C=O) groups excluding carboxylic acids is 1. The Hall–Kier alpha value is -3.35. The molecule has 0 fully saturated rings. The van der Waals surface area contributed by atoms with E-state index in [4.69, 9.17) is 4.74 Å². The van der Waals surface area contributed by atoms with E-state index >= 15 is 0 Å². The molecule has 1 aromatic heterocycles. The van der Waals surface area contributed by atoms with E-state index in [1.165, 1.54) is 18.7 Å². The highest BCUT2D eigenvalue weighted by Gasteiger charge is 2.14. The zero-order valence-electron chi connectivity index (χ0n) is 13.9. The minimum absolute atomic E-state index is 0.217. The van der Waals surface area contributed by atoms with Gasteiger partial charge in [0.2, 0.25) is 5.91 Å². The molecule has 7 heteroatoms. The Morgan fingerprint density at radius 2 is 1.76 bits per heavy atom. The summed E-state index contributed by atoms with van der Waals surface area (Å²) in [4.78, 5) is 37.1. The molecule has 0 saturated heterocycles. The SMILES string of the molecule is COc1ccccc1NC(=O)Cn1c(=O)n(C)c(=O)c2ccccc21. The second kappa shape index (κ2) is 6.64. The van der Waals surface area contributed by atoms with Gasteiger partial charge in [-0.2, -0.15) is 0 Å². The average molecular weight is 339 g/mol. The predicted octanol–water partition coefficient (Wildman–Crippen LogP) is 1.35. The quantitative estimate of drug-likeness (QED) is 0.778. The number of hydrogen-bond donors (Lipinski definition) is 1. The molecule has 1 N–H and O–H groups in total. The van der Waals surface area contributed by atoms with Gasteiger partial charge in [0.25, 0.3) is 5.56 Å². The number of fused-ring (bicyclic) bond motifs is 1. The standard InChI is InChI=1S/C18H17N3O4/c1-20-17(23)12-7-3-5-9-14(12)21(18(20)24)11-16(22)19-13-8-4-6-10-15(13)25-2/h3-10H,11H2,1-2H3,(H,19,22). The second-order valence-corrected chi connectivity index (χ2v) is 5.50. The lowest BCUT2D eigenvalue weighted by molar-refractivity contribution is -0.116. The first kappa shape index (κ1) is 16.5. The Bertz CT molecular complexity index is 1070. The summed E-state index contributed by atoms with van der Waals surface area (Å²) in [6.45, 7) is -0.217. The van der Waals surface area contributed by atoms with Crippen LogP contribution >= 0.6 is 0 Å². The van der Waals surface area contributed by atoms with Crippen molar-refractivity contribution in [1.82, 2.24) is 9.13 Å². The summed E-state index contributed by atoms with van der Waals surface area (Å²) in [6.07, 6.45) is 0. The topological polar surface area (TPSA) is 82.3 Å². The molecular weight excluding hydrogens is 322 g/mol. The molecule has 1 amide bonds. The predicted molar refractivity (Wildman–Crippen MR) is 95.1 cm³/mol. The van der Waals surface area contributed by atoms with Crippen LogP contribution in [-0.2, 0) is 18.4 Å². The van der Waals surface area contributed by atoms with Gasteiger partial charge in [-0.25, -0.2) is 4.79 Å². The van der Waals surface area contributed by atoms with Crippen LogP contribution in [0.4, 0.5) is 5.69 Å². The van der Waals surface area contributed by atoms with Crippen LogP contribution in [0.2, 0.25) is 0 Å². The molecule has 128 valence electrons. The van der Waals surface area contributed by atoms with E-state index in [1.807, 2.05) is 0 Å². The number of nitrogens with zero attached hydrogens (tertiary/aromatic N) is 2. The van der Waals surface area contributed by atoms with E-state index in [2.05, 4.69) is 5.32 Å².